The van der Waals surface area contributed by atoms with Crippen LogP contribution >= 0.6 is 0 Å². The lowest BCUT2D eigenvalue weighted by Crippen LogP contribution is -2.18. The average Bonchev–Trinajstić information content (AvgIpc) is 2.92. The molecule has 0 radical (unpaired) electrons. The number of nitrogens with zero attached hydrogens (tertiary/aromatic N) is 3. The number of hydrogen-bond acceptors (Lipinski definition) is 4. The summed E-state index contributed by atoms with van der Waals surface area (Å²) in [7, 11) is 1.86. The molecule has 1 unspecified atom stereocenters. The third-order valence-corrected chi connectivity index (χ3v) is 2.80. The van der Waals surface area contributed by atoms with Crippen molar-refractivity contribution in [2.75, 3.05) is 0 Å². The van der Waals surface area contributed by atoms with E-state index in [9.17, 15) is 0 Å². The van der Waals surface area contributed by atoms with Crippen molar-refractivity contribution in [3.05, 3.63) is 41.4 Å². The Balaban J connectivity index is 1.97. The normalized spacial score (nSPS) is 12.3. The van der Waals surface area contributed by atoms with Crippen LogP contribution in [0.5, 0.6) is 0 Å². The lowest BCUT2D eigenvalue weighted by Gasteiger charge is -2.08. The van der Waals surface area contributed by atoms with Crippen molar-refractivity contribution in [1.82, 2.24) is 14.9 Å². The van der Waals surface area contributed by atoms with Crippen LogP contribution in [0, 0.1) is 18.3 Å². The first-order valence-electron chi connectivity index (χ1n) is 5.81. The summed E-state index contributed by atoms with van der Waals surface area (Å²) in [5.74, 6) is 1.49. The van der Waals surface area contributed by atoms with E-state index in [2.05, 4.69) is 16.4 Å². The van der Waals surface area contributed by atoms with E-state index in [0.29, 0.717) is 18.1 Å². The molecule has 0 bridgehead atoms. The molecule has 2 rings (SSSR count). The monoisotopic (exact) mass is 244 g/mol. The van der Waals surface area contributed by atoms with Gasteiger partial charge in [0.15, 0.2) is 0 Å². The zero-order valence-corrected chi connectivity index (χ0v) is 10.8. The first-order valence-corrected chi connectivity index (χ1v) is 5.81. The Kier molecular flexibility index (Phi) is 3.49. The van der Waals surface area contributed by atoms with E-state index in [1.807, 2.05) is 37.7 Å². The molecule has 5 nitrogen and oxygen atoms in total. The molecular weight excluding hydrogens is 228 g/mol. The van der Waals surface area contributed by atoms with Crippen molar-refractivity contribution in [1.29, 1.82) is 5.26 Å². The fraction of sp³-hybridized carbons (Fsp3) is 0.385. The van der Waals surface area contributed by atoms with Crippen LogP contribution in [0.2, 0.25) is 0 Å². The Labute approximate surface area is 106 Å². The summed E-state index contributed by atoms with van der Waals surface area (Å²) in [4.78, 5) is 4.18. The Morgan fingerprint density at radius 1 is 1.61 bits per heavy atom. The van der Waals surface area contributed by atoms with E-state index >= 15 is 0 Å². The molecular formula is C13H16N4O. The average molecular weight is 244 g/mol. The van der Waals surface area contributed by atoms with Gasteiger partial charge in [-0.15, -0.1) is 0 Å². The van der Waals surface area contributed by atoms with Crippen LogP contribution in [0.25, 0.3) is 0 Å². The van der Waals surface area contributed by atoms with Gasteiger partial charge in [0.2, 0.25) is 5.89 Å². The fourth-order valence-corrected chi connectivity index (χ4v) is 1.77. The third-order valence-electron chi connectivity index (χ3n) is 2.80. The summed E-state index contributed by atoms with van der Waals surface area (Å²) in [5, 5.41) is 12.2. The second kappa shape index (κ2) is 5.07. The molecule has 1 N–H and O–H groups in total. The maximum atomic E-state index is 8.87. The van der Waals surface area contributed by atoms with E-state index in [-0.39, 0.29) is 6.04 Å². The molecule has 0 amide bonds. The molecule has 2 aromatic rings. The van der Waals surface area contributed by atoms with Crippen molar-refractivity contribution in [2.45, 2.75) is 26.4 Å². The lowest BCUT2D eigenvalue weighted by molar-refractivity contribution is 0.402. The van der Waals surface area contributed by atoms with E-state index in [1.165, 1.54) is 0 Å². The predicted octanol–water partition coefficient (Wildman–Crippen LogP) is 2.04. The number of nitrogens with one attached hydrogen (secondary N) is 1. The molecule has 2 aromatic heterocycles. The minimum Gasteiger partial charge on any atom is -0.444 e. The lowest BCUT2D eigenvalue weighted by atomic mass is 10.2. The van der Waals surface area contributed by atoms with E-state index in [1.54, 1.807) is 6.20 Å². The minimum absolute atomic E-state index is 0.0458. The molecule has 0 saturated heterocycles. The largest absolute Gasteiger partial charge is 0.444 e. The molecule has 0 aromatic carbocycles. The minimum atomic E-state index is 0.0458. The Hall–Kier alpha value is -2.06. The molecule has 0 aliphatic rings. The molecule has 94 valence electrons. The van der Waals surface area contributed by atoms with Gasteiger partial charge in [0, 0.05) is 19.8 Å². The van der Waals surface area contributed by atoms with Gasteiger partial charge in [0.05, 0.1) is 12.2 Å². The van der Waals surface area contributed by atoms with E-state index < -0.39 is 0 Å². The predicted molar refractivity (Wildman–Crippen MR) is 66.6 cm³/mol. The molecule has 18 heavy (non-hydrogen) atoms. The highest BCUT2D eigenvalue weighted by Crippen LogP contribution is 2.13. The molecule has 0 saturated carbocycles. The third kappa shape index (κ3) is 2.60. The maximum absolute atomic E-state index is 8.87. The molecule has 2 heterocycles. The second-order valence-corrected chi connectivity index (χ2v) is 4.37. The smallest absolute Gasteiger partial charge is 0.211 e. The fourth-order valence-electron chi connectivity index (χ4n) is 1.77. The number of aryl methyl sites for hydroxylation is 2. The van der Waals surface area contributed by atoms with Crippen LogP contribution in [-0.2, 0) is 13.6 Å². The number of oxazole rings is 1. The molecule has 0 aliphatic heterocycles. The van der Waals surface area contributed by atoms with Gasteiger partial charge in [-0.2, -0.15) is 5.26 Å². The van der Waals surface area contributed by atoms with Crippen LogP contribution in [0.3, 0.4) is 0 Å². The maximum Gasteiger partial charge on any atom is 0.211 e. The highest BCUT2D eigenvalue weighted by molar-refractivity contribution is 5.28. The molecule has 0 fully saturated rings. The van der Waals surface area contributed by atoms with Crippen molar-refractivity contribution in [2.24, 2.45) is 7.05 Å². The molecule has 1 atom stereocenters. The van der Waals surface area contributed by atoms with Gasteiger partial charge in [0.1, 0.15) is 17.5 Å². The Morgan fingerprint density at radius 3 is 2.94 bits per heavy atom. The number of hydrogen-bond donors (Lipinski definition) is 1. The highest BCUT2D eigenvalue weighted by Gasteiger charge is 2.11. The van der Waals surface area contributed by atoms with Gasteiger partial charge in [-0.05, 0) is 25.5 Å². The second-order valence-electron chi connectivity index (χ2n) is 4.37. The van der Waals surface area contributed by atoms with Crippen molar-refractivity contribution >= 4 is 0 Å². The molecule has 0 aliphatic carbocycles. The Morgan fingerprint density at radius 2 is 2.39 bits per heavy atom. The van der Waals surface area contributed by atoms with Crippen molar-refractivity contribution < 1.29 is 4.42 Å². The zero-order chi connectivity index (χ0) is 13.1. The first-order chi connectivity index (χ1) is 8.60. The van der Waals surface area contributed by atoms with Crippen LogP contribution in [0.4, 0.5) is 0 Å². The standard InChI is InChI=1S/C13H16N4O/c1-9-6-16-13(18-9)10(2)15-7-11-4-12(5-14)17(3)8-11/h4,6,8,10,15H,7H2,1-3H3. The summed E-state index contributed by atoms with van der Waals surface area (Å²) in [5.41, 5.74) is 1.73. The summed E-state index contributed by atoms with van der Waals surface area (Å²) < 4.78 is 7.27. The van der Waals surface area contributed by atoms with Gasteiger partial charge in [-0.25, -0.2) is 4.98 Å². The summed E-state index contributed by atoms with van der Waals surface area (Å²) in [6.45, 7) is 4.55. The number of nitriles is 1. The zero-order valence-electron chi connectivity index (χ0n) is 10.8. The van der Waals surface area contributed by atoms with E-state index in [0.717, 1.165) is 11.3 Å². The first kappa shape index (κ1) is 12.4. The van der Waals surface area contributed by atoms with E-state index in [4.69, 9.17) is 9.68 Å². The van der Waals surface area contributed by atoms with Gasteiger partial charge < -0.3 is 14.3 Å². The number of rotatable bonds is 4. The quantitative estimate of drug-likeness (QED) is 0.893. The highest BCUT2D eigenvalue weighted by atomic mass is 16.4. The number of aromatic nitrogens is 2. The van der Waals surface area contributed by atoms with Crippen LogP contribution < -0.4 is 5.32 Å². The summed E-state index contributed by atoms with van der Waals surface area (Å²) >= 11 is 0. The topological polar surface area (TPSA) is 66.8 Å². The van der Waals surface area contributed by atoms with Gasteiger partial charge in [-0.3, -0.25) is 0 Å². The van der Waals surface area contributed by atoms with Gasteiger partial charge in [0.25, 0.3) is 0 Å². The summed E-state index contributed by atoms with van der Waals surface area (Å²) in [6, 6.07) is 4.06. The molecule has 0 spiro atoms. The van der Waals surface area contributed by atoms with Crippen LogP contribution in [0.15, 0.2) is 22.9 Å². The SMILES string of the molecule is Cc1cnc(C(C)NCc2cc(C#N)n(C)c2)o1. The van der Waals surface area contributed by atoms with Crippen molar-refractivity contribution in [3.8, 4) is 6.07 Å². The Bertz CT molecular complexity index is 576. The molecule has 5 heteroatoms. The van der Waals surface area contributed by atoms with Crippen LogP contribution in [0.1, 0.15) is 35.9 Å². The summed E-state index contributed by atoms with van der Waals surface area (Å²) in [6.07, 6.45) is 3.66. The van der Waals surface area contributed by atoms with Gasteiger partial charge in [-0.1, -0.05) is 0 Å². The van der Waals surface area contributed by atoms with Crippen molar-refractivity contribution in [3.63, 3.8) is 0 Å². The van der Waals surface area contributed by atoms with Gasteiger partial charge >= 0.3 is 0 Å². The van der Waals surface area contributed by atoms with Crippen LogP contribution in [-0.4, -0.2) is 9.55 Å².